The Morgan fingerprint density at radius 2 is 1.69 bits per heavy atom. The topological polar surface area (TPSA) is 59.2 Å². The van der Waals surface area contributed by atoms with E-state index in [9.17, 15) is 9.18 Å². The molecule has 2 aliphatic rings. The van der Waals surface area contributed by atoms with Crippen molar-refractivity contribution in [3.8, 4) is 5.69 Å². The summed E-state index contributed by atoms with van der Waals surface area (Å²) in [6.07, 6.45) is 4.54. The lowest BCUT2D eigenvalue weighted by Gasteiger charge is -2.32. The van der Waals surface area contributed by atoms with Gasteiger partial charge in [-0.05, 0) is 75.2 Å². The van der Waals surface area contributed by atoms with Gasteiger partial charge in [0.05, 0.1) is 34.5 Å². The van der Waals surface area contributed by atoms with Gasteiger partial charge in [-0.3, -0.25) is 14.4 Å². The summed E-state index contributed by atoms with van der Waals surface area (Å²) in [5.74, 6) is 0.300. The van der Waals surface area contributed by atoms with Crippen molar-refractivity contribution in [2.45, 2.75) is 44.6 Å². The second kappa shape index (κ2) is 10.8. The van der Waals surface area contributed by atoms with Crippen LogP contribution in [0.4, 0.5) is 4.39 Å². The number of amides is 1. The fraction of sp³-hybridized carbons (Fsp3) is 0.387. The van der Waals surface area contributed by atoms with E-state index in [0.717, 1.165) is 62.5 Å². The molecule has 7 nitrogen and oxygen atoms in total. The van der Waals surface area contributed by atoms with E-state index in [2.05, 4.69) is 45.4 Å². The van der Waals surface area contributed by atoms with Gasteiger partial charge in [-0.25, -0.2) is 9.07 Å². The van der Waals surface area contributed by atoms with Crippen LogP contribution in [0.5, 0.6) is 0 Å². The van der Waals surface area contributed by atoms with Gasteiger partial charge in [0.25, 0.3) is 5.91 Å². The van der Waals surface area contributed by atoms with Crippen LogP contribution >= 0.6 is 0 Å². The zero-order valence-electron chi connectivity index (χ0n) is 22.6. The molecule has 0 bridgehead atoms. The smallest absolute Gasteiger partial charge is 0.257 e. The van der Waals surface area contributed by atoms with E-state index in [1.165, 1.54) is 23.4 Å². The SMILES string of the molecule is Cc1cc(CN2CCC(c3c(C(=O)N4CC[C@H](c5ccccc5)C4)cnn3-c3ccc(F)cc3)CC2)n(C)n1. The third-order valence-electron chi connectivity index (χ3n) is 8.31. The lowest BCUT2D eigenvalue weighted by Crippen LogP contribution is -2.35. The molecular formula is C31H35FN6O. The molecule has 202 valence electrons. The van der Waals surface area contributed by atoms with Crippen LogP contribution in [0.25, 0.3) is 5.69 Å². The monoisotopic (exact) mass is 526 g/mol. The van der Waals surface area contributed by atoms with Crippen LogP contribution in [0.1, 0.15) is 64.1 Å². The van der Waals surface area contributed by atoms with Crippen molar-refractivity contribution in [1.82, 2.24) is 29.4 Å². The predicted molar refractivity (Wildman–Crippen MR) is 148 cm³/mol. The van der Waals surface area contributed by atoms with Gasteiger partial charge in [-0.2, -0.15) is 10.2 Å². The largest absolute Gasteiger partial charge is 0.338 e. The summed E-state index contributed by atoms with van der Waals surface area (Å²) < 4.78 is 17.5. The average Bonchev–Trinajstić information content (AvgIpc) is 3.69. The maximum Gasteiger partial charge on any atom is 0.257 e. The summed E-state index contributed by atoms with van der Waals surface area (Å²) in [4.78, 5) is 18.4. The number of carbonyl (C=O) groups is 1. The highest BCUT2D eigenvalue weighted by atomic mass is 19.1. The molecule has 2 aromatic carbocycles. The second-order valence-electron chi connectivity index (χ2n) is 10.9. The summed E-state index contributed by atoms with van der Waals surface area (Å²) in [5, 5.41) is 9.17. The molecule has 2 aromatic heterocycles. The average molecular weight is 527 g/mol. The minimum atomic E-state index is -0.286. The Balaban J connectivity index is 1.24. The van der Waals surface area contributed by atoms with E-state index in [1.807, 2.05) is 34.3 Å². The standard InChI is InChI=1S/C31H35FN6O/c1-22-18-28(35(2)34-22)21-36-15-12-24(13-16-36)30-29(19-33-38(30)27-10-8-26(32)9-11-27)31(39)37-17-14-25(20-37)23-6-4-3-5-7-23/h3-11,18-19,24-25H,12-17,20-21H2,1-2H3/t25-/m0/s1. The van der Waals surface area contributed by atoms with Gasteiger partial charge in [0.2, 0.25) is 0 Å². The molecule has 4 aromatic rings. The molecular weight excluding hydrogens is 491 g/mol. The van der Waals surface area contributed by atoms with E-state index in [4.69, 9.17) is 0 Å². The summed E-state index contributed by atoms with van der Waals surface area (Å²) >= 11 is 0. The highest BCUT2D eigenvalue weighted by Crippen LogP contribution is 2.35. The molecule has 0 aliphatic carbocycles. The summed E-state index contributed by atoms with van der Waals surface area (Å²) in [6.45, 7) is 6.19. The number of aromatic nitrogens is 4. The molecule has 39 heavy (non-hydrogen) atoms. The minimum absolute atomic E-state index is 0.0459. The Morgan fingerprint density at radius 1 is 0.974 bits per heavy atom. The number of hydrogen-bond acceptors (Lipinski definition) is 4. The number of nitrogens with zero attached hydrogens (tertiary/aromatic N) is 6. The molecule has 2 fully saturated rings. The van der Waals surface area contributed by atoms with Crippen molar-refractivity contribution < 1.29 is 9.18 Å². The molecule has 0 unspecified atom stereocenters. The zero-order chi connectivity index (χ0) is 26.9. The van der Waals surface area contributed by atoms with Crippen LogP contribution in [0.3, 0.4) is 0 Å². The van der Waals surface area contributed by atoms with E-state index in [-0.39, 0.29) is 17.6 Å². The fourth-order valence-corrected chi connectivity index (χ4v) is 6.22. The van der Waals surface area contributed by atoms with Gasteiger partial charge in [0.15, 0.2) is 0 Å². The van der Waals surface area contributed by atoms with Gasteiger partial charge in [0, 0.05) is 38.5 Å². The first kappa shape index (κ1) is 25.5. The summed E-state index contributed by atoms with van der Waals surface area (Å²) in [6, 6.07) is 19.0. The van der Waals surface area contributed by atoms with Gasteiger partial charge in [-0.15, -0.1) is 0 Å². The first-order chi connectivity index (χ1) is 19.0. The maximum absolute atomic E-state index is 13.9. The van der Waals surface area contributed by atoms with Crippen LogP contribution in [0.15, 0.2) is 66.9 Å². The highest BCUT2D eigenvalue weighted by molar-refractivity contribution is 5.95. The molecule has 4 heterocycles. The second-order valence-corrected chi connectivity index (χ2v) is 10.9. The lowest BCUT2D eigenvalue weighted by molar-refractivity contribution is 0.0788. The van der Waals surface area contributed by atoms with E-state index >= 15 is 0 Å². The van der Waals surface area contributed by atoms with Crippen molar-refractivity contribution in [1.29, 1.82) is 0 Å². The van der Waals surface area contributed by atoms with Gasteiger partial charge >= 0.3 is 0 Å². The molecule has 0 N–H and O–H groups in total. The molecule has 6 rings (SSSR count). The van der Waals surface area contributed by atoms with Crippen LogP contribution in [0.2, 0.25) is 0 Å². The number of halogens is 1. The number of aryl methyl sites for hydroxylation is 2. The Kier molecular flexibility index (Phi) is 7.04. The van der Waals surface area contributed by atoms with Gasteiger partial charge in [0.1, 0.15) is 5.82 Å². The Hall–Kier alpha value is -3.78. The Labute approximate surface area is 228 Å². The number of piperidine rings is 1. The van der Waals surface area contributed by atoms with E-state index in [0.29, 0.717) is 18.0 Å². The van der Waals surface area contributed by atoms with Gasteiger partial charge < -0.3 is 4.90 Å². The molecule has 0 radical (unpaired) electrons. The summed E-state index contributed by atoms with van der Waals surface area (Å²) in [5.41, 5.74) is 5.93. The third-order valence-corrected chi connectivity index (χ3v) is 8.31. The number of benzene rings is 2. The van der Waals surface area contributed by atoms with Crippen molar-refractivity contribution >= 4 is 5.91 Å². The molecule has 2 aliphatic heterocycles. The first-order valence-corrected chi connectivity index (χ1v) is 13.9. The predicted octanol–water partition coefficient (Wildman–Crippen LogP) is 5.06. The number of likely N-dealkylation sites (tertiary alicyclic amines) is 2. The number of hydrogen-bond donors (Lipinski definition) is 0. The fourth-order valence-electron chi connectivity index (χ4n) is 6.22. The van der Waals surface area contributed by atoms with Crippen molar-refractivity contribution in [3.63, 3.8) is 0 Å². The highest BCUT2D eigenvalue weighted by Gasteiger charge is 2.34. The van der Waals surface area contributed by atoms with Crippen molar-refractivity contribution in [3.05, 3.63) is 101 Å². The molecule has 0 saturated carbocycles. The lowest BCUT2D eigenvalue weighted by atomic mass is 9.90. The third kappa shape index (κ3) is 5.26. The summed E-state index contributed by atoms with van der Waals surface area (Å²) in [7, 11) is 1.99. The minimum Gasteiger partial charge on any atom is -0.338 e. The molecule has 8 heteroatoms. The van der Waals surface area contributed by atoms with Gasteiger partial charge in [-0.1, -0.05) is 30.3 Å². The molecule has 1 atom stereocenters. The van der Waals surface area contributed by atoms with Crippen molar-refractivity contribution in [2.24, 2.45) is 7.05 Å². The van der Waals surface area contributed by atoms with Crippen LogP contribution in [0, 0.1) is 12.7 Å². The molecule has 1 amide bonds. The van der Waals surface area contributed by atoms with E-state index in [1.54, 1.807) is 18.3 Å². The number of carbonyl (C=O) groups excluding carboxylic acids is 1. The Morgan fingerprint density at radius 3 is 2.38 bits per heavy atom. The van der Waals surface area contributed by atoms with Crippen LogP contribution in [-0.4, -0.2) is 61.4 Å². The van der Waals surface area contributed by atoms with E-state index < -0.39 is 0 Å². The quantitative estimate of drug-likeness (QED) is 0.352. The molecule has 0 spiro atoms. The van der Waals surface area contributed by atoms with Crippen LogP contribution < -0.4 is 0 Å². The maximum atomic E-state index is 13.9. The first-order valence-electron chi connectivity index (χ1n) is 13.9. The molecule has 2 saturated heterocycles. The number of rotatable bonds is 6. The normalized spacial score (nSPS) is 18.6. The van der Waals surface area contributed by atoms with Crippen LogP contribution in [-0.2, 0) is 13.6 Å². The zero-order valence-corrected chi connectivity index (χ0v) is 22.6. The van der Waals surface area contributed by atoms with Crippen molar-refractivity contribution in [2.75, 3.05) is 26.2 Å². The Bertz CT molecular complexity index is 1440.